The standard InChI is InChI=1S/C9H19N3O/c1-2-3-4-10-5-7-12-8-6-11-9(12)13/h10H,2-8H2,1H3,(H,11,13). The smallest absolute Gasteiger partial charge is 0.317 e. The summed E-state index contributed by atoms with van der Waals surface area (Å²) in [5.74, 6) is 0. The molecule has 4 heteroatoms. The summed E-state index contributed by atoms with van der Waals surface area (Å²) < 4.78 is 0. The Labute approximate surface area is 79.7 Å². The summed E-state index contributed by atoms with van der Waals surface area (Å²) in [6.45, 7) is 6.63. The zero-order chi connectivity index (χ0) is 9.52. The Kier molecular flexibility index (Phi) is 4.60. The van der Waals surface area contributed by atoms with E-state index in [1.807, 2.05) is 4.90 Å². The molecule has 2 amide bonds. The first kappa shape index (κ1) is 10.3. The Hall–Kier alpha value is -0.770. The molecular formula is C9H19N3O. The summed E-state index contributed by atoms with van der Waals surface area (Å²) in [6.07, 6.45) is 2.43. The van der Waals surface area contributed by atoms with Crippen molar-refractivity contribution in [2.45, 2.75) is 19.8 Å². The van der Waals surface area contributed by atoms with E-state index in [4.69, 9.17) is 0 Å². The number of carbonyl (C=O) groups excluding carboxylic acids is 1. The number of hydrogen-bond donors (Lipinski definition) is 2. The van der Waals surface area contributed by atoms with Gasteiger partial charge in [-0.1, -0.05) is 13.3 Å². The molecule has 0 spiro atoms. The molecule has 0 radical (unpaired) electrons. The normalized spacial score (nSPS) is 16.4. The van der Waals surface area contributed by atoms with E-state index in [1.165, 1.54) is 12.8 Å². The van der Waals surface area contributed by atoms with Gasteiger partial charge in [-0.25, -0.2) is 4.79 Å². The van der Waals surface area contributed by atoms with Crippen LogP contribution in [0.3, 0.4) is 0 Å². The van der Waals surface area contributed by atoms with E-state index in [0.717, 1.165) is 32.7 Å². The number of urea groups is 1. The molecule has 13 heavy (non-hydrogen) atoms. The number of nitrogens with zero attached hydrogens (tertiary/aromatic N) is 1. The third-order valence-electron chi connectivity index (χ3n) is 2.21. The van der Waals surface area contributed by atoms with Gasteiger partial charge in [0.25, 0.3) is 0 Å². The maximum Gasteiger partial charge on any atom is 0.317 e. The second-order valence-electron chi connectivity index (χ2n) is 3.32. The van der Waals surface area contributed by atoms with E-state index >= 15 is 0 Å². The third kappa shape index (κ3) is 3.63. The highest BCUT2D eigenvalue weighted by molar-refractivity contribution is 5.76. The maximum atomic E-state index is 11.1. The molecule has 1 aliphatic heterocycles. The van der Waals surface area contributed by atoms with Crippen molar-refractivity contribution in [3.63, 3.8) is 0 Å². The number of unbranched alkanes of at least 4 members (excludes halogenated alkanes) is 1. The Bertz CT molecular complexity index is 161. The molecule has 1 saturated heterocycles. The summed E-state index contributed by atoms with van der Waals surface area (Å²) >= 11 is 0. The summed E-state index contributed by atoms with van der Waals surface area (Å²) in [7, 11) is 0. The molecule has 1 heterocycles. The lowest BCUT2D eigenvalue weighted by Gasteiger charge is -2.13. The van der Waals surface area contributed by atoms with E-state index in [-0.39, 0.29) is 6.03 Å². The van der Waals surface area contributed by atoms with Crippen LogP contribution in [0.2, 0.25) is 0 Å². The van der Waals surface area contributed by atoms with Gasteiger partial charge in [0.1, 0.15) is 0 Å². The number of nitrogens with one attached hydrogen (secondary N) is 2. The minimum Gasteiger partial charge on any atom is -0.336 e. The molecule has 0 aromatic heterocycles. The molecule has 0 unspecified atom stereocenters. The molecule has 0 saturated carbocycles. The molecule has 0 aromatic rings. The summed E-state index contributed by atoms with van der Waals surface area (Å²) in [5.41, 5.74) is 0. The average Bonchev–Trinajstić information content (AvgIpc) is 2.52. The van der Waals surface area contributed by atoms with E-state index in [9.17, 15) is 4.79 Å². The second-order valence-corrected chi connectivity index (χ2v) is 3.32. The zero-order valence-electron chi connectivity index (χ0n) is 8.31. The van der Waals surface area contributed by atoms with E-state index in [2.05, 4.69) is 17.6 Å². The molecule has 1 fully saturated rings. The van der Waals surface area contributed by atoms with Crippen LogP contribution in [0.15, 0.2) is 0 Å². The minimum atomic E-state index is 0.0808. The molecule has 0 aliphatic carbocycles. The van der Waals surface area contributed by atoms with Crippen molar-refractivity contribution in [2.24, 2.45) is 0 Å². The van der Waals surface area contributed by atoms with Crippen molar-refractivity contribution in [3.8, 4) is 0 Å². The van der Waals surface area contributed by atoms with Crippen LogP contribution in [0.5, 0.6) is 0 Å². The summed E-state index contributed by atoms with van der Waals surface area (Å²) in [6, 6.07) is 0.0808. The molecule has 2 N–H and O–H groups in total. The molecule has 76 valence electrons. The number of rotatable bonds is 6. The fourth-order valence-corrected chi connectivity index (χ4v) is 1.37. The number of carbonyl (C=O) groups is 1. The van der Waals surface area contributed by atoms with Gasteiger partial charge in [-0.2, -0.15) is 0 Å². The minimum absolute atomic E-state index is 0.0808. The summed E-state index contributed by atoms with van der Waals surface area (Å²) in [4.78, 5) is 12.9. The van der Waals surface area contributed by atoms with Gasteiger partial charge in [-0.3, -0.25) is 0 Å². The van der Waals surface area contributed by atoms with Crippen molar-refractivity contribution in [2.75, 3.05) is 32.7 Å². The van der Waals surface area contributed by atoms with Crippen molar-refractivity contribution >= 4 is 6.03 Å². The van der Waals surface area contributed by atoms with Gasteiger partial charge in [0.15, 0.2) is 0 Å². The van der Waals surface area contributed by atoms with Crippen LogP contribution in [0.25, 0.3) is 0 Å². The summed E-state index contributed by atoms with van der Waals surface area (Å²) in [5, 5.41) is 6.09. The van der Waals surface area contributed by atoms with Gasteiger partial charge in [-0.05, 0) is 13.0 Å². The molecule has 0 bridgehead atoms. The average molecular weight is 185 g/mol. The van der Waals surface area contributed by atoms with Crippen LogP contribution < -0.4 is 10.6 Å². The van der Waals surface area contributed by atoms with Crippen LogP contribution in [-0.4, -0.2) is 43.7 Å². The van der Waals surface area contributed by atoms with Crippen molar-refractivity contribution in [1.82, 2.24) is 15.5 Å². The predicted octanol–water partition coefficient (Wildman–Crippen LogP) is 0.401. The van der Waals surface area contributed by atoms with Gasteiger partial charge < -0.3 is 15.5 Å². The van der Waals surface area contributed by atoms with Crippen LogP contribution >= 0.6 is 0 Å². The van der Waals surface area contributed by atoms with E-state index in [0.29, 0.717) is 0 Å². The first-order chi connectivity index (χ1) is 6.34. The van der Waals surface area contributed by atoms with Gasteiger partial charge in [0, 0.05) is 26.2 Å². The molecular weight excluding hydrogens is 166 g/mol. The number of amides is 2. The van der Waals surface area contributed by atoms with Gasteiger partial charge >= 0.3 is 6.03 Å². The lowest BCUT2D eigenvalue weighted by Crippen LogP contribution is -2.34. The third-order valence-corrected chi connectivity index (χ3v) is 2.21. The SMILES string of the molecule is CCCCNCCN1CCNC1=O. The Morgan fingerprint density at radius 3 is 3.00 bits per heavy atom. The largest absolute Gasteiger partial charge is 0.336 e. The quantitative estimate of drug-likeness (QED) is 0.588. The van der Waals surface area contributed by atoms with Crippen LogP contribution in [0.4, 0.5) is 4.79 Å². The predicted molar refractivity (Wildman–Crippen MR) is 52.7 cm³/mol. The fraction of sp³-hybridized carbons (Fsp3) is 0.889. The lowest BCUT2D eigenvalue weighted by molar-refractivity contribution is 0.217. The first-order valence-corrected chi connectivity index (χ1v) is 5.08. The Morgan fingerprint density at radius 2 is 2.38 bits per heavy atom. The van der Waals surface area contributed by atoms with Crippen molar-refractivity contribution < 1.29 is 4.79 Å². The highest BCUT2D eigenvalue weighted by atomic mass is 16.2. The van der Waals surface area contributed by atoms with Crippen LogP contribution in [0, 0.1) is 0 Å². The first-order valence-electron chi connectivity index (χ1n) is 5.08. The van der Waals surface area contributed by atoms with Gasteiger partial charge in [0.2, 0.25) is 0 Å². The molecule has 4 nitrogen and oxygen atoms in total. The molecule has 1 rings (SSSR count). The maximum absolute atomic E-state index is 11.1. The van der Waals surface area contributed by atoms with Gasteiger partial charge in [0.05, 0.1) is 0 Å². The molecule has 0 atom stereocenters. The second kappa shape index (κ2) is 5.80. The Balaban J connectivity index is 1.96. The lowest BCUT2D eigenvalue weighted by atomic mass is 10.3. The van der Waals surface area contributed by atoms with Crippen LogP contribution in [0.1, 0.15) is 19.8 Å². The van der Waals surface area contributed by atoms with Crippen molar-refractivity contribution in [1.29, 1.82) is 0 Å². The zero-order valence-corrected chi connectivity index (χ0v) is 8.31. The highest BCUT2D eigenvalue weighted by Gasteiger charge is 2.17. The molecule has 1 aliphatic rings. The highest BCUT2D eigenvalue weighted by Crippen LogP contribution is 1.94. The topological polar surface area (TPSA) is 44.4 Å². The fourth-order valence-electron chi connectivity index (χ4n) is 1.37. The van der Waals surface area contributed by atoms with Crippen LogP contribution in [-0.2, 0) is 0 Å². The monoisotopic (exact) mass is 185 g/mol. The van der Waals surface area contributed by atoms with E-state index in [1.54, 1.807) is 0 Å². The Morgan fingerprint density at radius 1 is 1.54 bits per heavy atom. The van der Waals surface area contributed by atoms with Gasteiger partial charge in [-0.15, -0.1) is 0 Å². The van der Waals surface area contributed by atoms with E-state index < -0.39 is 0 Å². The molecule has 0 aromatic carbocycles. The van der Waals surface area contributed by atoms with Crippen molar-refractivity contribution in [3.05, 3.63) is 0 Å². The number of hydrogen-bond acceptors (Lipinski definition) is 2.